The first-order valence-corrected chi connectivity index (χ1v) is 8.60. The fraction of sp³-hybridized carbons (Fsp3) is 0.300. The molecule has 1 aliphatic rings. The van der Waals surface area contributed by atoms with Gasteiger partial charge in [-0.25, -0.2) is 4.79 Å². The third kappa shape index (κ3) is 4.21. The molecule has 136 valence electrons. The van der Waals surface area contributed by atoms with Gasteiger partial charge in [0.05, 0.1) is 12.7 Å². The molecule has 2 aromatic carbocycles. The highest BCUT2D eigenvalue weighted by Gasteiger charge is 2.15. The van der Waals surface area contributed by atoms with Gasteiger partial charge in [0.15, 0.2) is 0 Å². The predicted molar refractivity (Wildman–Crippen MR) is 102 cm³/mol. The van der Waals surface area contributed by atoms with Gasteiger partial charge in [0.1, 0.15) is 0 Å². The normalized spacial score (nSPS) is 14.8. The van der Waals surface area contributed by atoms with E-state index in [1.807, 2.05) is 24.3 Å². The SMILES string of the molecule is COC(=O)c1cccc(C(=O)Nc2ccc(N3CCN(C)CC3)cc2)c1. The van der Waals surface area contributed by atoms with E-state index in [1.165, 1.54) is 13.2 Å². The van der Waals surface area contributed by atoms with Crippen LogP contribution in [0.4, 0.5) is 11.4 Å². The zero-order valence-corrected chi connectivity index (χ0v) is 15.1. The summed E-state index contributed by atoms with van der Waals surface area (Å²) in [4.78, 5) is 28.7. The van der Waals surface area contributed by atoms with Crippen molar-refractivity contribution in [3.05, 3.63) is 59.7 Å². The van der Waals surface area contributed by atoms with Crippen molar-refractivity contribution in [3.8, 4) is 0 Å². The lowest BCUT2D eigenvalue weighted by Crippen LogP contribution is -2.44. The molecule has 1 amide bonds. The molecule has 0 saturated carbocycles. The number of nitrogens with zero attached hydrogens (tertiary/aromatic N) is 2. The van der Waals surface area contributed by atoms with Gasteiger partial charge >= 0.3 is 5.97 Å². The average molecular weight is 353 g/mol. The monoisotopic (exact) mass is 353 g/mol. The molecule has 0 atom stereocenters. The highest BCUT2D eigenvalue weighted by molar-refractivity contribution is 6.05. The summed E-state index contributed by atoms with van der Waals surface area (Å²) >= 11 is 0. The second kappa shape index (κ2) is 8.01. The number of likely N-dealkylation sites (N-methyl/N-ethyl adjacent to an activating group) is 1. The van der Waals surface area contributed by atoms with Gasteiger partial charge in [0, 0.05) is 43.1 Å². The molecule has 6 heteroatoms. The quantitative estimate of drug-likeness (QED) is 0.856. The van der Waals surface area contributed by atoms with E-state index < -0.39 is 5.97 Å². The molecule has 2 aromatic rings. The number of rotatable bonds is 4. The van der Waals surface area contributed by atoms with Crippen LogP contribution in [0.3, 0.4) is 0 Å². The summed E-state index contributed by atoms with van der Waals surface area (Å²) in [6.07, 6.45) is 0. The summed E-state index contributed by atoms with van der Waals surface area (Å²) in [6, 6.07) is 14.3. The molecule has 3 rings (SSSR count). The van der Waals surface area contributed by atoms with E-state index >= 15 is 0 Å². The predicted octanol–water partition coefficient (Wildman–Crippen LogP) is 2.48. The summed E-state index contributed by atoms with van der Waals surface area (Å²) in [6.45, 7) is 4.11. The fourth-order valence-electron chi connectivity index (χ4n) is 2.93. The average Bonchev–Trinajstić information content (AvgIpc) is 2.68. The van der Waals surface area contributed by atoms with Crippen LogP contribution in [0.1, 0.15) is 20.7 Å². The van der Waals surface area contributed by atoms with Crippen molar-refractivity contribution in [2.24, 2.45) is 0 Å². The topological polar surface area (TPSA) is 61.9 Å². The second-order valence-electron chi connectivity index (χ2n) is 6.36. The van der Waals surface area contributed by atoms with E-state index in [2.05, 4.69) is 26.9 Å². The maximum atomic E-state index is 12.4. The first-order chi connectivity index (χ1) is 12.6. The lowest BCUT2D eigenvalue weighted by molar-refractivity contribution is 0.0600. The van der Waals surface area contributed by atoms with Crippen LogP contribution in [0, 0.1) is 0 Å². The Morgan fingerprint density at radius 2 is 1.62 bits per heavy atom. The highest BCUT2D eigenvalue weighted by atomic mass is 16.5. The Kier molecular flexibility index (Phi) is 5.53. The van der Waals surface area contributed by atoms with E-state index in [1.54, 1.807) is 18.2 Å². The van der Waals surface area contributed by atoms with Crippen LogP contribution in [0.25, 0.3) is 0 Å². The number of nitrogens with one attached hydrogen (secondary N) is 1. The summed E-state index contributed by atoms with van der Waals surface area (Å²) < 4.78 is 4.69. The number of hydrogen-bond donors (Lipinski definition) is 1. The Labute approximate surface area is 153 Å². The second-order valence-corrected chi connectivity index (χ2v) is 6.36. The molecule has 26 heavy (non-hydrogen) atoms. The number of hydrogen-bond acceptors (Lipinski definition) is 5. The van der Waals surface area contributed by atoms with Crippen molar-refractivity contribution in [2.45, 2.75) is 0 Å². The van der Waals surface area contributed by atoms with Crippen LogP contribution in [0.5, 0.6) is 0 Å². The molecule has 1 fully saturated rings. The molecule has 1 heterocycles. The van der Waals surface area contributed by atoms with Gasteiger partial charge in [-0.15, -0.1) is 0 Å². The Morgan fingerprint density at radius 3 is 2.27 bits per heavy atom. The number of anilines is 2. The molecule has 0 bridgehead atoms. The van der Waals surface area contributed by atoms with Gasteiger partial charge in [-0.3, -0.25) is 4.79 Å². The van der Waals surface area contributed by atoms with E-state index in [4.69, 9.17) is 0 Å². The van der Waals surface area contributed by atoms with Crippen LogP contribution in [-0.2, 0) is 4.74 Å². The van der Waals surface area contributed by atoms with Crippen LogP contribution in [0.15, 0.2) is 48.5 Å². The van der Waals surface area contributed by atoms with Crippen LogP contribution < -0.4 is 10.2 Å². The van der Waals surface area contributed by atoms with Crippen molar-refractivity contribution in [1.82, 2.24) is 4.90 Å². The standard InChI is InChI=1S/C20H23N3O3/c1-22-10-12-23(13-11-22)18-8-6-17(7-9-18)21-19(24)15-4-3-5-16(14-15)20(25)26-2/h3-9,14H,10-13H2,1-2H3,(H,21,24). The summed E-state index contributed by atoms with van der Waals surface area (Å²) in [5.41, 5.74) is 2.64. The molecule has 1 aliphatic heterocycles. The van der Waals surface area contributed by atoms with Gasteiger partial charge in [-0.05, 0) is 49.5 Å². The van der Waals surface area contributed by atoms with Crippen molar-refractivity contribution in [2.75, 3.05) is 50.6 Å². The number of benzene rings is 2. The van der Waals surface area contributed by atoms with Gasteiger partial charge in [0.2, 0.25) is 0 Å². The molecule has 6 nitrogen and oxygen atoms in total. The lowest BCUT2D eigenvalue weighted by Gasteiger charge is -2.34. The van der Waals surface area contributed by atoms with Crippen molar-refractivity contribution in [1.29, 1.82) is 0 Å². The summed E-state index contributed by atoms with van der Waals surface area (Å²) in [5.74, 6) is -0.723. The van der Waals surface area contributed by atoms with Crippen LogP contribution in [0.2, 0.25) is 0 Å². The smallest absolute Gasteiger partial charge is 0.337 e. The van der Waals surface area contributed by atoms with E-state index in [-0.39, 0.29) is 5.91 Å². The third-order valence-electron chi connectivity index (χ3n) is 4.54. The molecule has 0 spiro atoms. The van der Waals surface area contributed by atoms with Crippen molar-refractivity contribution in [3.63, 3.8) is 0 Å². The van der Waals surface area contributed by atoms with E-state index in [0.717, 1.165) is 37.6 Å². The van der Waals surface area contributed by atoms with Gasteiger partial charge in [-0.2, -0.15) is 0 Å². The Hall–Kier alpha value is -2.86. The number of esters is 1. The first-order valence-electron chi connectivity index (χ1n) is 8.60. The van der Waals surface area contributed by atoms with Gasteiger partial charge in [0.25, 0.3) is 5.91 Å². The molecular weight excluding hydrogens is 330 g/mol. The Morgan fingerprint density at radius 1 is 0.962 bits per heavy atom. The molecule has 0 unspecified atom stereocenters. The number of carbonyl (C=O) groups excluding carboxylic acids is 2. The zero-order chi connectivity index (χ0) is 18.5. The van der Waals surface area contributed by atoms with E-state index in [9.17, 15) is 9.59 Å². The minimum absolute atomic E-state index is 0.261. The maximum Gasteiger partial charge on any atom is 0.337 e. The van der Waals surface area contributed by atoms with Crippen LogP contribution in [-0.4, -0.2) is 57.1 Å². The highest BCUT2D eigenvalue weighted by Crippen LogP contribution is 2.20. The minimum atomic E-state index is -0.462. The van der Waals surface area contributed by atoms with E-state index in [0.29, 0.717) is 11.1 Å². The molecule has 1 saturated heterocycles. The maximum absolute atomic E-state index is 12.4. The number of piperazine rings is 1. The number of methoxy groups -OCH3 is 1. The number of amides is 1. The summed E-state index contributed by atoms with van der Waals surface area (Å²) in [7, 11) is 3.45. The van der Waals surface area contributed by atoms with Crippen molar-refractivity contribution < 1.29 is 14.3 Å². The van der Waals surface area contributed by atoms with Crippen molar-refractivity contribution >= 4 is 23.3 Å². The first kappa shape index (κ1) is 17.9. The molecule has 1 N–H and O–H groups in total. The minimum Gasteiger partial charge on any atom is -0.465 e. The van der Waals surface area contributed by atoms with Gasteiger partial charge < -0.3 is 19.9 Å². The summed E-state index contributed by atoms with van der Waals surface area (Å²) in [5, 5.41) is 2.86. The van der Waals surface area contributed by atoms with Crippen LogP contribution >= 0.6 is 0 Å². The Bertz CT molecular complexity index is 781. The van der Waals surface area contributed by atoms with Gasteiger partial charge in [-0.1, -0.05) is 6.07 Å². The molecule has 0 aromatic heterocycles. The molecule has 0 radical (unpaired) electrons. The fourth-order valence-corrected chi connectivity index (χ4v) is 2.93. The zero-order valence-electron chi connectivity index (χ0n) is 15.1. The number of ether oxygens (including phenoxy) is 1. The lowest BCUT2D eigenvalue weighted by atomic mass is 10.1. The molecule has 0 aliphatic carbocycles. The third-order valence-corrected chi connectivity index (χ3v) is 4.54. The Balaban J connectivity index is 1.65. The largest absolute Gasteiger partial charge is 0.465 e. The number of carbonyl (C=O) groups is 2. The molecular formula is C20H23N3O3.